The third-order valence-electron chi connectivity index (χ3n) is 5.78. The number of hydrogen-bond donors (Lipinski definition) is 2. The fourth-order valence-electron chi connectivity index (χ4n) is 4.44. The van der Waals surface area contributed by atoms with Crippen LogP contribution in [0, 0.1) is 11.8 Å². The quantitative estimate of drug-likeness (QED) is 0.466. The van der Waals surface area contributed by atoms with E-state index in [0.29, 0.717) is 12.3 Å². The summed E-state index contributed by atoms with van der Waals surface area (Å²) in [5, 5.41) is 14.0. The summed E-state index contributed by atoms with van der Waals surface area (Å²) in [5.74, 6) is -1.24. The van der Waals surface area contributed by atoms with Crippen molar-refractivity contribution in [3.05, 3.63) is 12.2 Å². The first-order valence-corrected chi connectivity index (χ1v) is 8.35. The highest BCUT2D eigenvalue weighted by molar-refractivity contribution is 6.18. The maximum Gasteiger partial charge on any atom is 0.339 e. The lowest BCUT2D eigenvalue weighted by Crippen LogP contribution is -2.84. The largest absolute Gasteiger partial charge is 0.453 e. The van der Waals surface area contributed by atoms with Crippen LogP contribution < -0.4 is 5.32 Å². The molecule has 3 aliphatic rings. The van der Waals surface area contributed by atoms with Gasteiger partial charge in [-0.25, -0.2) is 4.79 Å². The molecule has 1 aliphatic carbocycles. The number of amides is 1. The number of nitrogens with one attached hydrogen (secondary N) is 1. The summed E-state index contributed by atoms with van der Waals surface area (Å²) in [5.41, 5.74) is -3.84. The number of allylic oxidation sites excluding steroid dienone is 1. The lowest BCUT2D eigenvalue weighted by atomic mass is 9.58. The molecule has 2 N–H and O–H groups in total. The smallest absolute Gasteiger partial charge is 0.339 e. The van der Waals surface area contributed by atoms with Crippen LogP contribution in [-0.2, 0) is 14.3 Å². The van der Waals surface area contributed by atoms with E-state index in [1.54, 1.807) is 13.8 Å². The van der Waals surface area contributed by atoms with Gasteiger partial charge in [-0.2, -0.15) is 0 Å². The SMILES string of the molecule is CC(O)(C1C=CCCC1)[C@@]12NC(=O)[C@H](CCCl)[C@]1(C)OC2=O. The van der Waals surface area contributed by atoms with Crippen LogP contribution in [-0.4, -0.2) is 39.6 Å². The summed E-state index contributed by atoms with van der Waals surface area (Å²) >= 11 is 5.80. The molecule has 2 saturated heterocycles. The minimum absolute atomic E-state index is 0.191. The maximum atomic E-state index is 12.4. The monoisotopic (exact) mass is 327 g/mol. The number of fused-ring (bicyclic) bond motifs is 1. The molecular weight excluding hydrogens is 306 g/mol. The number of hydrogen-bond acceptors (Lipinski definition) is 4. The van der Waals surface area contributed by atoms with Gasteiger partial charge in [0.2, 0.25) is 11.4 Å². The van der Waals surface area contributed by atoms with Gasteiger partial charge in [-0.1, -0.05) is 12.2 Å². The average Bonchev–Trinajstić information content (AvgIpc) is 2.66. The third kappa shape index (κ3) is 1.69. The molecule has 122 valence electrons. The van der Waals surface area contributed by atoms with Gasteiger partial charge in [0.05, 0.1) is 5.92 Å². The van der Waals surface area contributed by atoms with E-state index in [2.05, 4.69) is 5.32 Å². The van der Waals surface area contributed by atoms with Crippen LogP contribution in [0.5, 0.6) is 0 Å². The summed E-state index contributed by atoms with van der Waals surface area (Å²) in [4.78, 5) is 24.7. The van der Waals surface area contributed by atoms with Crippen molar-refractivity contribution >= 4 is 23.5 Å². The number of alkyl halides is 1. The predicted octanol–water partition coefficient (Wildman–Crippen LogP) is 1.52. The van der Waals surface area contributed by atoms with E-state index in [0.717, 1.165) is 19.3 Å². The normalized spacial score (nSPS) is 42.9. The topological polar surface area (TPSA) is 75.6 Å². The molecule has 2 heterocycles. The molecule has 0 spiro atoms. The van der Waals surface area contributed by atoms with Gasteiger partial charge >= 0.3 is 5.97 Å². The molecule has 0 aromatic carbocycles. The van der Waals surface area contributed by atoms with E-state index in [1.165, 1.54) is 0 Å². The first-order chi connectivity index (χ1) is 10.3. The third-order valence-corrected chi connectivity index (χ3v) is 6.00. The van der Waals surface area contributed by atoms with Crippen molar-refractivity contribution in [3.63, 3.8) is 0 Å². The van der Waals surface area contributed by atoms with Crippen LogP contribution in [0.3, 0.4) is 0 Å². The second kappa shape index (κ2) is 4.96. The summed E-state index contributed by atoms with van der Waals surface area (Å²) in [7, 11) is 0. The van der Waals surface area contributed by atoms with Gasteiger partial charge < -0.3 is 15.2 Å². The van der Waals surface area contributed by atoms with Crippen LogP contribution in [0.1, 0.15) is 39.5 Å². The van der Waals surface area contributed by atoms with Crippen LogP contribution in [0.15, 0.2) is 12.2 Å². The van der Waals surface area contributed by atoms with Gasteiger partial charge in [0.25, 0.3) is 0 Å². The number of esters is 1. The minimum atomic E-state index is -1.40. The molecule has 3 rings (SSSR count). The first-order valence-electron chi connectivity index (χ1n) is 7.81. The van der Waals surface area contributed by atoms with Crippen LogP contribution in [0.25, 0.3) is 0 Å². The Morgan fingerprint density at radius 2 is 2.27 bits per heavy atom. The molecule has 1 amide bonds. The van der Waals surface area contributed by atoms with Crippen LogP contribution in [0.4, 0.5) is 0 Å². The first kappa shape index (κ1) is 15.8. The highest BCUT2D eigenvalue weighted by Crippen LogP contribution is 2.57. The summed E-state index contributed by atoms with van der Waals surface area (Å²) in [6.45, 7) is 3.36. The minimum Gasteiger partial charge on any atom is -0.453 e. The summed E-state index contributed by atoms with van der Waals surface area (Å²) in [6.07, 6.45) is 7.10. The number of carbonyl (C=O) groups is 2. The highest BCUT2D eigenvalue weighted by atomic mass is 35.5. The number of carbonyl (C=O) groups excluding carboxylic acids is 2. The van der Waals surface area contributed by atoms with Crippen LogP contribution >= 0.6 is 11.6 Å². The van der Waals surface area contributed by atoms with E-state index in [1.807, 2.05) is 12.2 Å². The van der Waals surface area contributed by atoms with Gasteiger partial charge in [0, 0.05) is 11.8 Å². The number of ether oxygens (including phenoxy) is 1. The van der Waals surface area contributed by atoms with E-state index >= 15 is 0 Å². The zero-order valence-electron chi connectivity index (χ0n) is 12.9. The second-order valence-corrected chi connectivity index (χ2v) is 7.26. The Morgan fingerprint density at radius 3 is 2.82 bits per heavy atom. The van der Waals surface area contributed by atoms with E-state index in [-0.39, 0.29) is 11.8 Å². The molecule has 0 aromatic rings. The lowest BCUT2D eigenvalue weighted by Gasteiger charge is -2.59. The standard InChI is InChI=1S/C16H22ClNO4/c1-14(21,10-6-4-3-5-7-10)16-13(20)22-15(16,2)11(8-9-17)12(19)18-16/h4,6,10-11,21H,3,5,7-9H2,1-2H3,(H,18,19)/t10?,11-,14?,15-,16+/m0/s1. The Hall–Kier alpha value is -1.07. The summed E-state index contributed by atoms with van der Waals surface area (Å²) in [6, 6.07) is 0. The molecule has 0 aromatic heterocycles. The van der Waals surface area contributed by atoms with Crippen molar-refractivity contribution in [2.24, 2.45) is 11.8 Å². The molecule has 5 atom stereocenters. The van der Waals surface area contributed by atoms with Gasteiger partial charge in [0.1, 0.15) is 5.60 Å². The zero-order chi connectivity index (χ0) is 16.2. The van der Waals surface area contributed by atoms with Gasteiger partial charge in [-0.05, 0) is 39.5 Å². The van der Waals surface area contributed by atoms with E-state index in [4.69, 9.17) is 16.3 Å². The number of halogens is 1. The van der Waals surface area contributed by atoms with Gasteiger partial charge in [-0.15, -0.1) is 11.6 Å². The van der Waals surface area contributed by atoms with Crippen molar-refractivity contribution in [1.29, 1.82) is 0 Å². The Morgan fingerprint density at radius 1 is 1.55 bits per heavy atom. The van der Waals surface area contributed by atoms with Crippen molar-refractivity contribution in [2.45, 2.75) is 56.3 Å². The average molecular weight is 328 g/mol. The van der Waals surface area contributed by atoms with E-state index < -0.39 is 28.6 Å². The molecule has 0 saturated carbocycles. The Kier molecular flexibility index (Phi) is 3.57. The maximum absolute atomic E-state index is 12.4. The Balaban J connectivity index is 2.03. The lowest BCUT2D eigenvalue weighted by molar-refractivity contribution is -0.256. The van der Waals surface area contributed by atoms with Crippen LogP contribution in [0.2, 0.25) is 0 Å². The second-order valence-electron chi connectivity index (χ2n) is 6.88. The van der Waals surface area contributed by atoms with Crippen molar-refractivity contribution in [1.82, 2.24) is 5.32 Å². The van der Waals surface area contributed by atoms with Crippen molar-refractivity contribution < 1.29 is 19.4 Å². The Labute approximate surface area is 135 Å². The molecule has 6 heteroatoms. The van der Waals surface area contributed by atoms with Crippen molar-refractivity contribution in [2.75, 3.05) is 5.88 Å². The molecule has 2 aliphatic heterocycles. The Bertz CT molecular complexity index is 546. The molecule has 22 heavy (non-hydrogen) atoms. The number of rotatable bonds is 4. The summed E-state index contributed by atoms with van der Waals surface area (Å²) < 4.78 is 5.40. The van der Waals surface area contributed by atoms with Gasteiger partial charge in [0.15, 0.2) is 5.60 Å². The number of aliphatic hydroxyl groups is 1. The molecule has 0 radical (unpaired) electrons. The fourth-order valence-corrected chi connectivity index (χ4v) is 4.66. The zero-order valence-corrected chi connectivity index (χ0v) is 13.7. The van der Waals surface area contributed by atoms with Gasteiger partial charge in [-0.3, -0.25) is 4.79 Å². The molecule has 5 nitrogen and oxygen atoms in total. The highest BCUT2D eigenvalue weighted by Gasteiger charge is 2.82. The van der Waals surface area contributed by atoms with E-state index in [9.17, 15) is 14.7 Å². The molecular formula is C16H22ClNO4. The molecule has 2 unspecified atom stereocenters. The van der Waals surface area contributed by atoms with Crippen molar-refractivity contribution in [3.8, 4) is 0 Å². The molecule has 0 bridgehead atoms. The predicted molar refractivity (Wildman–Crippen MR) is 81.3 cm³/mol. The molecule has 2 fully saturated rings. The fraction of sp³-hybridized carbons (Fsp3) is 0.750.